The van der Waals surface area contributed by atoms with E-state index >= 15 is 0 Å². The van der Waals surface area contributed by atoms with E-state index in [9.17, 15) is 51.1 Å². The normalized spacial score (nSPS) is 56.0. The molecule has 0 spiro atoms. The Bertz CT molecular complexity index is 1450. The van der Waals surface area contributed by atoms with Gasteiger partial charge < -0.3 is 84.2 Å². The van der Waals surface area contributed by atoms with E-state index < -0.39 is 132 Å². The predicted octanol–water partition coefficient (Wildman–Crippen LogP) is -1.14. The van der Waals surface area contributed by atoms with Crippen LogP contribution in [0.5, 0.6) is 0 Å². The van der Waals surface area contributed by atoms with Crippen molar-refractivity contribution in [3.8, 4) is 0 Å². The molecular weight excluding hydrogens is 752 g/mol. The molecule has 17 nitrogen and oxygen atoms in total. The summed E-state index contributed by atoms with van der Waals surface area (Å²) < 4.78 is 42.5. The molecule has 6 fully saturated rings. The first-order valence-corrected chi connectivity index (χ1v) is 20.7. The maximum atomic E-state index is 12.5. The van der Waals surface area contributed by atoms with Crippen molar-refractivity contribution in [2.75, 3.05) is 13.7 Å². The fourth-order valence-corrected chi connectivity index (χ4v) is 12.0. The third-order valence-corrected chi connectivity index (χ3v) is 15.7. The molecule has 7 rings (SSSR count). The zero-order chi connectivity index (χ0) is 41.6. The summed E-state index contributed by atoms with van der Waals surface area (Å²) in [6.45, 7) is 8.02. The van der Waals surface area contributed by atoms with Crippen molar-refractivity contribution in [3.63, 3.8) is 0 Å². The second kappa shape index (κ2) is 15.8. The minimum absolute atomic E-state index is 0.00676. The fourth-order valence-electron chi connectivity index (χ4n) is 12.0. The Kier molecular flexibility index (Phi) is 12.2. The molecule has 22 atom stereocenters. The highest BCUT2D eigenvalue weighted by Gasteiger charge is 2.80. The quantitative estimate of drug-likeness (QED) is 0.123. The van der Waals surface area contributed by atoms with Gasteiger partial charge in [0.2, 0.25) is 0 Å². The molecule has 0 unspecified atom stereocenters. The lowest BCUT2D eigenvalue weighted by atomic mass is 9.42. The van der Waals surface area contributed by atoms with Gasteiger partial charge in [-0.3, -0.25) is 0 Å². The van der Waals surface area contributed by atoms with Crippen LogP contribution >= 0.6 is 0 Å². The molecule has 0 aromatic carbocycles. The average molecular weight is 819 g/mol. The smallest absolute Gasteiger partial charge is 0.187 e. The summed E-state index contributed by atoms with van der Waals surface area (Å²) in [6, 6.07) is 0. The Hall–Kier alpha value is -0.940. The summed E-state index contributed by atoms with van der Waals surface area (Å²) in [5.74, 6) is -0.491. The van der Waals surface area contributed by atoms with E-state index in [4.69, 9.17) is 33.2 Å². The second-order valence-electron chi connectivity index (χ2n) is 18.5. The molecule has 3 saturated carbocycles. The van der Waals surface area contributed by atoms with Crippen molar-refractivity contribution < 1.29 is 84.2 Å². The molecule has 0 aromatic rings. The van der Waals surface area contributed by atoms with E-state index in [0.29, 0.717) is 25.7 Å². The first-order chi connectivity index (χ1) is 26.7. The van der Waals surface area contributed by atoms with Gasteiger partial charge in [0.15, 0.2) is 18.9 Å². The number of aliphatic hydroxyl groups is 10. The highest BCUT2D eigenvalue weighted by Crippen LogP contribution is 2.70. The van der Waals surface area contributed by atoms with Crippen LogP contribution in [0.2, 0.25) is 0 Å². The number of hydrogen-bond donors (Lipinski definition) is 10. The summed E-state index contributed by atoms with van der Waals surface area (Å²) in [5, 5.41) is 110. The number of rotatable bonds is 9. The van der Waals surface area contributed by atoms with Gasteiger partial charge in [0.25, 0.3) is 0 Å². The lowest BCUT2D eigenvalue weighted by molar-refractivity contribution is -0.352. The summed E-state index contributed by atoms with van der Waals surface area (Å²) >= 11 is 0. The molecule has 0 aromatic heterocycles. The fraction of sp³-hybridized carbons (Fsp3) is 0.950. The number of hydrogen-bond acceptors (Lipinski definition) is 17. The average Bonchev–Trinajstić information content (AvgIpc) is 3.39. The van der Waals surface area contributed by atoms with Crippen LogP contribution in [-0.4, -0.2) is 180 Å². The van der Waals surface area contributed by atoms with Crippen molar-refractivity contribution >= 4 is 0 Å². The van der Waals surface area contributed by atoms with E-state index in [2.05, 4.69) is 6.92 Å². The van der Waals surface area contributed by atoms with Crippen LogP contribution in [0, 0.1) is 16.7 Å². The minimum atomic E-state index is -1.82. The van der Waals surface area contributed by atoms with Crippen molar-refractivity contribution in [2.45, 2.75) is 207 Å². The van der Waals surface area contributed by atoms with Crippen LogP contribution in [0.4, 0.5) is 0 Å². The van der Waals surface area contributed by atoms with Crippen molar-refractivity contribution in [1.82, 2.24) is 0 Å². The zero-order valence-electron chi connectivity index (χ0n) is 33.8. The Labute approximate surface area is 333 Å². The van der Waals surface area contributed by atoms with Crippen LogP contribution < -0.4 is 0 Å². The molecular formula is C40H66O17. The molecule has 0 bridgehead atoms. The molecule has 0 amide bonds. The second-order valence-corrected chi connectivity index (χ2v) is 18.5. The highest BCUT2D eigenvalue weighted by molar-refractivity contribution is 5.36. The SMILES string of the molecule is CO[C@@H]1C[C@H](O[C@H]2CC[C@@]3(C)C(=CC[C@]4(O)[C@@H]3C[C@@H](O)[C@@]3(C)[C@]4(O)CC[C@@]3(O)[C@H](C)O)C2)O[C@H](C)[C@H]1O[C@H]1C[C@H](O)[C@H](O[C@H]2O[C@H](CO)[C@@H](O)[C@H](O)[C@H]2O)[C@@H](C)O1. The molecule has 0 radical (unpaired) electrons. The molecule has 57 heavy (non-hydrogen) atoms. The van der Waals surface area contributed by atoms with Crippen LogP contribution in [0.1, 0.15) is 92.4 Å². The van der Waals surface area contributed by atoms with Gasteiger partial charge in [-0.1, -0.05) is 25.5 Å². The van der Waals surface area contributed by atoms with Crippen LogP contribution in [0.15, 0.2) is 11.6 Å². The van der Waals surface area contributed by atoms with E-state index in [0.717, 1.165) is 5.57 Å². The van der Waals surface area contributed by atoms with Gasteiger partial charge in [0.05, 0.1) is 54.7 Å². The third-order valence-electron chi connectivity index (χ3n) is 15.7. The Morgan fingerprint density at radius 1 is 0.825 bits per heavy atom. The lowest BCUT2D eigenvalue weighted by Crippen LogP contribution is -2.78. The standard InChI is InChI=1S/C40H66O17/c1-18-33(57-35-32(47)31(46)30(45)25(17-41)55-35)23(43)14-28(52-18)56-34-19(2)53-29(15-24(34)51-6)54-22-8-9-36(4)21(13-22)7-10-39(49)26(36)16-27(44)37(5)38(48,20(3)42)11-12-40(37,39)50/h7,18-20,22-35,41-50H,8-17H2,1-6H3/t18-,19-,20+,22+,23+,24-,25-,26-,27-,28+,29+,30-,31+,32-,33-,34-,35-,36+,37-,38-,39+,40-/m1/s1. The number of fused-ring (bicyclic) bond motifs is 5. The van der Waals surface area contributed by atoms with Crippen molar-refractivity contribution in [2.24, 2.45) is 16.7 Å². The van der Waals surface area contributed by atoms with Gasteiger partial charge in [0.1, 0.15) is 53.4 Å². The van der Waals surface area contributed by atoms with E-state index in [1.807, 2.05) is 13.0 Å². The number of ether oxygens (including phenoxy) is 7. The minimum Gasteiger partial charge on any atom is -0.394 e. The van der Waals surface area contributed by atoms with Gasteiger partial charge in [0, 0.05) is 25.9 Å². The highest BCUT2D eigenvalue weighted by atomic mass is 16.7. The van der Waals surface area contributed by atoms with E-state index in [1.165, 1.54) is 6.92 Å². The summed E-state index contributed by atoms with van der Waals surface area (Å²) in [7, 11) is 1.57. The van der Waals surface area contributed by atoms with Crippen molar-refractivity contribution in [1.29, 1.82) is 0 Å². The molecule has 10 N–H and O–H groups in total. The maximum Gasteiger partial charge on any atom is 0.187 e. The summed E-state index contributed by atoms with van der Waals surface area (Å²) in [5.41, 5.74) is -6.21. The van der Waals surface area contributed by atoms with Crippen LogP contribution in [0.25, 0.3) is 0 Å². The topological polar surface area (TPSA) is 267 Å². The van der Waals surface area contributed by atoms with Crippen LogP contribution in [0.3, 0.4) is 0 Å². The summed E-state index contributed by atoms with van der Waals surface area (Å²) in [4.78, 5) is 0. The molecule has 7 aliphatic rings. The number of aliphatic hydroxyl groups excluding tert-OH is 7. The molecule has 328 valence electrons. The summed E-state index contributed by atoms with van der Waals surface area (Å²) in [6.07, 6.45) is -11.3. The zero-order valence-corrected chi connectivity index (χ0v) is 33.8. The first-order valence-electron chi connectivity index (χ1n) is 20.7. The monoisotopic (exact) mass is 818 g/mol. The Morgan fingerprint density at radius 3 is 2.12 bits per heavy atom. The molecule has 3 aliphatic heterocycles. The molecule has 3 heterocycles. The Morgan fingerprint density at radius 2 is 1.49 bits per heavy atom. The molecule has 4 aliphatic carbocycles. The van der Waals surface area contributed by atoms with Gasteiger partial charge in [-0.25, -0.2) is 0 Å². The number of methoxy groups -OCH3 is 1. The van der Waals surface area contributed by atoms with E-state index in [1.54, 1.807) is 21.0 Å². The van der Waals surface area contributed by atoms with Gasteiger partial charge >= 0.3 is 0 Å². The predicted molar refractivity (Wildman–Crippen MR) is 196 cm³/mol. The largest absolute Gasteiger partial charge is 0.394 e. The first kappa shape index (κ1) is 44.1. The van der Waals surface area contributed by atoms with E-state index in [-0.39, 0.29) is 38.2 Å². The Balaban J connectivity index is 0.959. The van der Waals surface area contributed by atoms with Crippen molar-refractivity contribution in [3.05, 3.63) is 11.6 Å². The molecule has 17 heteroatoms. The van der Waals surface area contributed by atoms with Gasteiger partial charge in [-0.2, -0.15) is 0 Å². The maximum absolute atomic E-state index is 12.5. The lowest BCUT2D eigenvalue weighted by Gasteiger charge is -2.67. The molecule has 3 saturated heterocycles. The van der Waals surface area contributed by atoms with Crippen LogP contribution in [-0.2, 0) is 33.2 Å². The van der Waals surface area contributed by atoms with Gasteiger partial charge in [-0.05, 0) is 71.1 Å². The third kappa shape index (κ3) is 6.79. The van der Waals surface area contributed by atoms with Gasteiger partial charge in [-0.15, -0.1) is 0 Å².